The number of rotatable bonds is 5. The molecular formula is C19H24F3N5O3S. The number of hydrogen-bond acceptors (Lipinski definition) is 8. The molecule has 1 aliphatic heterocycles. The number of pyridine rings is 1. The normalized spacial score (nSPS) is 15.9. The summed E-state index contributed by atoms with van der Waals surface area (Å²) in [5.74, 6) is -0.295. The number of hydrogen-bond donors (Lipinski definition) is 1. The highest BCUT2D eigenvalue weighted by atomic mass is 32.2. The Labute approximate surface area is 178 Å². The van der Waals surface area contributed by atoms with E-state index < -0.39 is 26.3 Å². The van der Waals surface area contributed by atoms with E-state index in [2.05, 4.69) is 15.0 Å². The van der Waals surface area contributed by atoms with Crippen LogP contribution in [0.3, 0.4) is 0 Å². The molecule has 0 spiro atoms. The van der Waals surface area contributed by atoms with Crippen molar-refractivity contribution in [1.29, 1.82) is 0 Å². The van der Waals surface area contributed by atoms with Gasteiger partial charge in [0.25, 0.3) is 0 Å². The van der Waals surface area contributed by atoms with Crippen LogP contribution in [0.5, 0.6) is 0 Å². The standard InChI is InChI=1S/C19H24F3N5O3S/c1-4-31(28,29)18(2,3)15-10-14(25-17(26-15)27-5-7-30-8-6-27)12-11-24-16(23)9-13(12)19(20,21)22/h9-11H,4-8H2,1-3H3,(H2,23,24). The van der Waals surface area contributed by atoms with E-state index in [1.807, 2.05) is 0 Å². The van der Waals surface area contributed by atoms with Gasteiger partial charge in [0.1, 0.15) is 10.6 Å². The monoisotopic (exact) mass is 459 g/mol. The highest BCUT2D eigenvalue weighted by molar-refractivity contribution is 7.92. The quantitative estimate of drug-likeness (QED) is 0.727. The van der Waals surface area contributed by atoms with Crippen molar-refractivity contribution in [3.63, 3.8) is 0 Å². The first-order valence-corrected chi connectivity index (χ1v) is 11.3. The molecule has 31 heavy (non-hydrogen) atoms. The highest BCUT2D eigenvalue weighted by Crippen LogP contribution is 2.39. The molecule has 0 aromatic carbocycles. The van der Waals surface area contributed by atoms with Crippen LogP contribution in [0.1, 0.15) is 32.0 Å². The van der Waals surface area contributed by atoms with Crippen molar-refractivity contribution in [3.05, 3.63) is 29.6 Å². The van der Waals surface area contributed by atoms with Crippen LogP contribution in [0.4, 0.5) is 24.9 Å². The van der Waals surface area contributed by atoms with Crippen LogP contribution in [0.2, 0.25) is 0 Å². The van der Waals surface area contributed by atoms with Gasteiger partial charge in [0.05, 0.1) is 30.2 Å². The van der Waals surface area contributed by atoms with E-state index in [0.717, 1.165) is 12.3 Å². The summed E-state index contributed by atoms with van der Waals surface area (Å²) in [5, 5.41) is 0. The maximum Gasteiger partial charge on any atom is 0.417 e. The molecule has 0 atom stereocenters. The molecule has 8 nitrogen and oxygen atoms in total. The number of halogens is 3. The second-order valence-corrected chi connectivity index (χ2v) is 10.4. The Morgan fingerprint density at radius 3 is 2.39 bits per heavy atom. The number of nitrogen functional groups attached to an aromatic ring is 1. The number of nitrogens with two attached hydrogens (primary N) is 1. The number of nitrogens with zero attached hydrogens (tertiary/aromatic N) is 4. The lowest BCUT2D eigenvalue weighted by molar-refractivity contribution is -0.137. The average molecular weight is 459 g/mol. The lowest BCUT2D eigenvalue weighted by Crippen LogP contribution is -2.38. The van der Waals surface area contributed by atoms with Crippen molar-refractivity contribution in [3.8, 4) is 11.3 Å². The lowest BCUT2D eigenvalue weighted by Gasteiger charge is -2.30. The summed E-state index contributed by atoms with van der Waals surface area (Å²) in [7, 11) is -3.63. The van der Waals surface area contributed by atoms with Crippen molar-refractivity contribution in [2.75, 3.05) is 42.7 Å². The first-order chi connectivity index (χ1) is 14.4. The van der Waals surface area contributed by atoms with Crippen LogP contribution < -0.4 is 10.6 Å². The van der Waals surface area contributed by atoms with Gasteiger partial charge in [-0.05, 0) is 26.0 Å². The van der Waals surface area contributed by atoms with E-state index in [1.165, 1.54) is 26.8 Å². The smallest absolute Gasteiger partial charge is 0.384 e. The van der Waals surface area contributed by atoms with Crippen molar-refractivity contribution in [1.82, 2.24) is 15.0 Å². The van der Waals surface area contributed by atoms with Crippen LogP contribution in [0.25, 0.3) is 11.3 Å². The summed E-state index contributed by atoms with van der Waals surface area (Å²) in [5.41, 5.74) is 4.20. The van der Waals surface area contributed by atoms with Gasteiger partial charge in [-0.3, -0.25) is 0 Å². The van der Waals surface area contributed by atoms with Gasteiger partial charge in [0, 0.05) is 30.6 Å². The van der Waals surface area contributed by atoms with Crippen molar-refractivity contribution in [2.45, 2.75) is 31.7 Å². The van der Waals surface area contributed by atoms with Gasteiger partial charge in [0.2, 0.25) is 5.95 Å². The van der Waals surface area contributed by atoms with Crippen molar-refractivity contribution < 1.29 is 26.3 Å². The molecule has 0 bridgehead atoms. The highest BCUT2D eigenvalue weighted by Gasteiger charge is 2.39. The molecule has 2 aromatic rings. The van der Waals surface area contributed by atoms with Gasteiger partial charge in [0.15, 0.2) is 9.84 Å². The Morgan fingerprint density at radius 2 is 1.81 bits per heavy atom. The van der Waals surface area contributed by atoms with Crippen LogP contribution in [-0.4, -0.2) is 55.4 Å². The zero-order chi connectivity index (χ0) is 23.0. The molecule has 2 N–H and O–H groups in total. The second-order valence-electron chi connectivity index (χ2n) is 7.60. The van der Waals surface area contributed by atoms with Gasteiger partial charge < -0.3 is 15.4 Å². The molecule has 1 fully saturated rings. The minimum atomic E-state index is -4.71. The molecule has 1 aliphatic rings. The number of anilines is 2. The molecule has 3 rings (SSSR count). The second kappa shape index (κ2) is 8.23. The lowest BCUT2D eigenvalue weighted by atomic mass is 10.0. The number of aromatic nitrogens is 3. The number of sulfone groups is 1. The molecule has 0 aliphatic carbocycles. The Kier molecular flexibility index (Phi) is 6.16. The van der Waals surface area contributed by atoms with Crippen LogP contribution in [0, 0.1) is 0 Å². The summed E-state index contributed by atoms with van der Waals surface area (Å²) >= 11 is 0. The first-order valence-electron chi connectivity index (χ1n) is 9.64. The topological polar surface area (TPSA) is 111 Å². The fraction of sp³-hybridized carbons (Fsp3) is 0.526. The van der Waals surface area contributed by atoms with Crippen molar-refractivity contribution in [2.24, 2.45) is 0 Å². The summed E-state index contributed by atoms with van der Waals surface area (Å²) in [6.45, 7) is 6.12. The van der Waals surface area contributed by atoms with Crippen LogP contribution >= 0.6 is 0 Å². The minimum Gasteiger partial charge on any atom is -0.384 e. The molecule has 0 unspecified atom stereocenters. The maximum absolute atomic E-state index is 13.7. The molecule has 170 valence electrons. The fourth-order valence-electron chi connectivity index (χ4n) is 3.22. The van der Waals surface area contributed by atoms with E-state index in [4.69, 9.17) is 10.5 Å². The Morgan fingerprint density at radius 1 is 1.16 bits per heavy atom. The summed E-state index contributed by atoms with van der Waals surface area (Å²) in [4.78, 5) is 14.3. The molecule has 0 amide bonds. The van der Waals surface area contributed by atoms with E-state index in [0.29, 0.717) is 26.3 Å². The van der Waals surface area contributed by atoms with Crippen LogP contribution in [0.15, 0.2) is 18.3 Å². The van der Waals surface area contributed by atoms with Gasteiger partial charge >= 0.3 is 6.18 Å². The SMILES string of the molecule is CCS(=O)(=O)C(C)(C)c1cc(-c2cnc(N)cc2C(F)(F)F)nc(N2CCOCC2)n1. The maximum atomic E-state index is 13.7. The van der Waals surface area contributed by atoms with Crippen LogP contribution in [-0.2, 0) is 25.5 Å². The number of morpholine rings is 1. The summed E-state index contributed by atoms with van der Waals surface area (Å²) < 4.78 is 70.4. The first kappa shape index (κ1) is 23.2. The molecule has 2 aromatic heterocycles. The molecule has 0 saturated carbocycles. The van der Waals surface area contributed by atoms with Crippen molar-refractivity contribution >= 4 is 21.6 Å². The van der Waals surface area contributed by atoms with Gasteiger partial charge in [-0.1, -0.05) is 6.92 Å². The van der Waals surface area contributed by atoms with E-state index in [1.54, 1.807) is 4.90 Å². The number of ether oxygens (including phenoxy) is 1. The molecule has 1 saturated heterocycles. The predicted molar refractivity (Wildman–Crippen MR) is 110 cm³/mol. The largest absolute Gasteiger partial charge is 0.417 e. The van der Waals surface area contributed by atoms with E-state index in [9.17, 15) is 21.6 Å². The average Bonchev–Trinajstić information content (AvgIpc) is 2.73. The summed E-state index contributed by atoms with van der Waals surface area (Å²) in [6.07, 6.45) is -3.71. The van der Waals surface area contributed by atoms with E-state index in [-0.39, 0.29) is 34.5 Å². The van der Waals surface area contributed by atoms with Gasteiger partial charge in [-0.25, -0.2) is 23.4 Å². The van der Waals surface area contributed by atoms with Gasteiger partial charge in [-0.15, -0.1) is 0 Å². The zero-order valence-corrected chi connectivity index (χ0v) is 18.2. The molecular weight excluding hydrogens is 435 g/mol. The Balaban J connectivity index is 2.27. The van der Waals surface area contributed by atoms with E-state index >= 15 is 0 Å². The summed E-state index contributed by atoms with van der Waals surface area (Å²) in [6, 6.07) is 2.01. The molecule has 12 heteroatoms. The third-order valence-electron chi connectivity index (χ3n) is 5.29. The Bertz CT molecular complexity index is 1070. The molecule has 0 radical (unpaired) electrons. The number of alkyl halides is 3. The Hall–Kier alpha value is -2.47. The predicted octanol–water partition coefficient (Wildman–Crippen LogP) is 2.65. The third kappa shape index (κ3) is 4.59. The zero-order valence-electron chi connectivity index (χ0n) is 17.4. The third-order valence-corrected chi connectivity index (χ3v) is 7.81. The minimum absolute atomic E-state index is 0.0781. The fourth-order valence-corrected chi connectivity index (χ4v) is 4.36. The van der Waals surface area contributed by atoms with Gasteiger partial charge in [-0.2, -0.15) is 13.2 Å². The molecule has 3 heterocycles.